The van der Waals surface area contributed by atoms with Gasteiger partial charge in [-0.15, -0.1) is 0 Å². The summed E-state index contributed by atoms with van der Waals surface area (Å²) in [6.45, 7) is 8.66. The molecule has 6 fully saturated rings. The van der Waals surface area contributed by atoms with Gasteiger partial charge in [0.25, 0.3) is 20.0 Å². The second-order valence-electron chi connectivity index (χ2n) is 23.1. The van der Waals surface area contributed by atoms with Gasteiger partial charge < -0.3 is 59.1 Å². The average Bonchev–Trinajstić information content (AvgIpc) is 1.65. The maximum Gasteiger partial charge on any atom is 0.407 e. The molecule has 4 aromatic carbocycles. The highest BCUT2D eigenvalue weighted by molar-refractivity contribution is 9.09. The fraction of sp³-hybridized carbons (Fsp3) is 0.581. The molecular weight excluding hydrogens is 1270 g/mol. The molecule has 4 aliphatic heterocycles. The Bertz CT molecular complexity index is 2980. The lowest BCUT2D eigenvalue weighted by molar-refractivity contribution is -0.145. The predicted molar refractivity (Wildman–Crippen MR) is 339 cm³/mol. The van der Waals surface area contributed by atoms with Crippen molar-refractivity contribution in [2.75, 3.05) is 39.5 Å². The molecule has 4 aromatic rings. The summed E-state index contributed by atoms with van der Waals surface area (Å²) < 4.78 is 101. The van der Waals surface area contributed by atoms with Gasteiger partial charge in [0.2, 0.25) is 0 Å². The molecule has 10 atom stereocenters. The highest BCUT2D eigenvalue weighted by atomic mass is 79.9. The summed E-state index contributed by atoms with van der Waals surface area (Å²) in [6, 6.07) is 28.1. The number of amides is 2. The van der Waals surface area contributed by atoms with Crippen LogP contribution in [0.25, 0.3) is 0 Å². The Kier molecular flexibility index (Phi) is 28.8. The number of sulfonamides is 2. The third kappa shape index (κ3) is 21.9. The number of aliphatic hydroxyl groups is 2. The molecule has 89 heavy (non-hydrogen) atoms. The van der Waals surface area contributed by atoms with E-state index in [9.17, 15) is 41.7 Å². The number of hydrogen-bond acceptors (Lipinski definition) is 18. The van der Waals surface area contributed by atoms with Crippen LogP contribution in [0.4, 0.5) is 9.59 Å². The summed E-state index contributed by atoms with van der Waals surface area (Å²) in [5.74, 6) is 0.386. The number of alkyl carbamates (subject to hydrolysis) is 2. The predicted octanol–water partition coefficient (Wildman–Crippen LogP) is 6.74. The van der Waals surface area contributed by atoms with Crippen LogP contribution in [0.1, 0.15) is 103 Å². The second-order valence-corrected chi connectivity index (χ2v) is 28.6. The third-order valence-corrected chi connectivity index (χ3v) is 18.9. The summed E-state index contributed by atoms with van der Waals surface area (Å²) >= 11 is 3.27. The topological polar surface area (TPSA) is 277 Å². The molecule has 2 saturated carbocycles. The van der Waals surface area contributed by atoms with E-state index >= 15 is 0 Å². The first-order valence-corrected chi connectivity index (χ1v) is 33.9. The van der Waals surface area contributed by atoms with Crippen LogP contribution in [0, 0.1) is 11.8 Å². The van der Waals surface area contributed by atoms with Crippen molar-refractivity contribution in [3.63, 3.8) is 0 Å². The number of alkyl halides is 1. The fourth-order valence-corrected chi connectivity index (χ4v) is 13.7. The number of halogens is 1. The van der Waals surface area contributed by atoms with Gasteiger partial charge in [-0.25, -0.2) is 26.4 Å². The number of ether oxygens (including phenoxy) is 7. The smallest absolute Gasteiger partial charge is 0.407 e. The molecule has 0 aromatic heterocycles. The number of hydroxylamine groups is 2. The first kappa shape index (κ1) is 72.0. The lowest BCUT2D eigenvalue weighted by Crippen LogP contribution is -2.51. The van der Waals surface area contributed by atoms with Crippen LogP contribution in [0.3, 0.4) is 0 Å². The minimum Gasteiger partial charge on any atom is -0.508 e. The first-order chi connectivity index (χ1) is 42.7. The normalized spacial score (nSPS) is 23.0. The van der Waals surface area contributed by atoms with E-state index in [1.807, 2.05) is 74.5 Å². The molecule has 4 saturated heterocycles. The van der Waals surface area contributed by atoms with Crippen molar-refractivity contribution >= 4 is 73.9 Å². The zero-order valence-electron chi connectivity index (χ0n) is 52.3. The SMILES string of the molecule is CC(C)Br.CC(C)Oc1ccc(S(=O)(=O)N(C[C@@H](O)[C@H](Cc2ccccc2)NC(=O)OC2CO[C@H]3OCC[C@@H]23)OC2CCCC2)cc1.O=C(N[C@@H](Cc1ccccc1)[C@H](O)CN(OC1CCCC1)S(=O)(=O)c1ccc(O)cc1)OC1CO[C@H]2OCC[C@@H]12.[3H][B].[AlH2]. The van der Waals surface area contributed by atoms with Gasteiger partial charge in [0.05, 0.1) is 104 Å². The fourth-order valence-electron chi connectivity index (χ4n) is 11.1. The molecule has 0 spiro atoms. The summed E-state index contributed by atoms with van der Waals surface area (Å²) in [5.41, 5.74) is 1.69. The zero-order chi connectivity index (χ0) is 64.1. The van der Waals surface area contributed by atoms with Gasteiger partial charge in [0, 0.05) is 13.2 Å². The number of carbonyl (C=O) groups excluding carboxylic acids is 2. The van der Waals surface area contributed by atoms with E-state index < -0.39 is 81.8 Å². The van der Waals surface area contributed by atoms with Crippen molar-refractivity contribution in [1.29, 1.82) is 1.34 Å². The van der Waals surface area contributed by atoms with E-state index in [1.54, 1.807) is 12.1 Å². The van der Waals surface area contributed by atoms with E-state index in [-0.39, 0.29) is 102 Å². The van der Waals surface area contributed by atoms with Gasteiger partial charge in [0.1, 0.15) is 41.1 Å². The maximum absolute atomic E-state index is 13.8. The Morgan fingerprint density at radius 2 is 0.978 bits per heavy atom. The summed E-state index contributed by atoms with van der Waals surface area (Å²) in [4.78, 5) is 38.6. The second kappa shape index (κ2) is 35.6. The number of fused-ring (bicyclic) bond motifs is 2. The van der Waals surface area contributed by atoms with E-state index in [0.29, 0.717) is 36.6 Å². The molecule has 6 aliphatic rings. The van der Waals surface area contributed by atoms with Crippen LogP contribution < -0.4 is 15.4 Å². The number of rotatable bonds is 24. The number of carbonyl (C=O) groups is 2. The molecule has 2 amide bonds. The van der Waals surface area contributed by atoms with Crippen LogP contribution in [0.5, 0.6) is 11.5 Å². The highest BCUT2D eigenvalue weighted by Crippen LogP contribution is 2.35. The Balaban J connectivity index is 0.000000261. The van der Waals surface area contributed by atoms with Gasteiger partial charge in [-0.1, -0.05) is 125 Å². The van der Waals surface area contributed by atoms with Crippen LogP contribution in [-0.2, 0) is 71.0 Å². The van der Waals surface area contributed by atoms with Crippen molar-refractivity contribution in [2.45, 2.75) is 187 Å². The van der Waals surface area contributed by atoms with Crippen LogP contribution in [0.2, 0.25) is 0 Å². The number of hydrogen-bond donors (Lipinski definition) is 5. The van der Waals surface area contributed by atoms with Gasteiger partial charge in [-0.05, 0) is 126 Å². The van der Waals surface area contributed by atoms with Gasteiger partial charge in [-0.3, -0.25) is 9.68 Å². The van der Waals surface area contributed by atoms with E-state index in [4.69, 9.17) is 44.2 Å². The molecule has 10 rings (SSSR count). The van der Waals surface area contributed by atoms with Crippen LogP contribution >= 0.6 is 15.9 Å². The molecule has 489 valence electrons. The molecule has 0 bridgehead atoms. The van der Waals surface area contributed by atoms with Gasteiger partial charge in [0.15, 0.2) is 12.6 Å². The van der Waals surface area contributed by atoms with Crippen molar-refractivity contribution in [3.8, 4) is 11.5 Å². The van der Waals surface area contributed by atoms with Crippen LogP contribution in [0.15, 0.2) is 119 Å². The van der Waals surface area contributed by atoms with E-state index in [2.05, 4.69) is 48.8 Å². The van der Waals surface area contributed by atoms with Gasteiger partial charge >= 0.3 is 12.2 Å². The number of aliphatic hydroxyl groups excluding tert-OH is 2. The third-order valence-electron chi connectivity index (χ3n) is 15.6. The van der Waals surface area contributed by atoms with Crippen molar-refractivity contribution < 1.29 is 84.6 Å². The number of nitrogens with zero attached hydrogens (tertiary/aromatic N) is 2. The monoisotopic (exact) mass is 1360 g/mol. The molecule has 2 unspecified atom stereocenters. The molecule has 5 N–H and O–H groups in total. The first-order valence-electron chi connectivity index (χ1n) is 30.7. The summed E-state index contributed by atoms with van der Waals surface area (Å²) in [6.07, 6.45) is 2.00. The Morgan fingerprint density at radius 3 is 1.35 bits per heavy atom. The Hall–Kier alpha value is -4.40. The maximum atomic E-state index is 13.8. The molecule has 3 radical (unpaired) electrons. The lowest BCUT2D eigenvalue weighted by Gasteiger charge is -2.31. The number of benzene rings is 4. The van der Waals surface area contributed by atoms with E-state index in [0.717, 1.165) is 71.4 Å². The van der Waals surface area contributed by atoms with E-state index in [1.165, 1.54) is 36.4 Å². The average molecular weight is 1360 g/mol. The molecule has 4 heterocycles. The number of nitrogens with one attached hydrogen (secondary N) is 2. The lowest BCUT2D eigenvalue weighted by atomic mass is 10.0. The number of phenolic OH excluding ortho intramolecular Hbond substituents is 1. The molecular formula is C62H88AlBBrN4O18S2. The number of phenols is 1. The summed E-state index contributed by atoms with van der Waals surface area (Å²) in [5, 5.41) is 38.1. The Labute approximate surface area is 546 Å². The molecule has 27 heteroatoms. The van der Waals surface area contributed by atoms with Crippen LogP contribution in [-0.4, -0.2) is 192 Å². The number of aromatic hydroxyl groups is 1. The Morgan fingerprint density at radius 1 is 0.607 bits per heavy atom. The molecule has 2 aliphatic carbocycles. The minimum absolute atomic E-state index is 0. The van der Waals surface area contributed by atoms with Crippen molar-refractivity contribution in [3.05, 3.63) is 120 Å². The largest absolute Gasteiger partial charge is 0.508 e. The zero-order valence-corrected chi connectivity index (χ0v) is 56.6. The highest BCUT2D eigenvalue weighted by Gasteiger charge is 2.46. The van der Waals surface area contributed by atoms with Crippen molar-refractivity contribution in [1.82, 2.24) is 19.6 Å². The quantitative estimate of drug-likeness (QED) is 0.0276. The van der Waals surface area contributed by atoms with Gasteiger partial charge in [-0.2, -0.15) is 0 Å². The standard InChI is InChI=1S/C31H42N2O9S.C28H36N2O9S.C3H7Br.Al.BH.2H/c1-21(2)40-23-12-14-25(15-13-23)43(36,37)33(42-24-10-6-7-11-24)19-28(34)27(18-22-8-4-3-5-9-22)32-31(35)41-29-20-39-30-26(29)16-17-38-30;31-20-10-12-22(13-11-20)40(34,35)30(39-21-8-4-5-9-21)17-25(32)24(16-19-6-2-1-3-7-19)29-28(33)38-26-18-37-27-23(26)14-15-36-27;1-3(2)4;;;;/h3-5,8-9,12-15,21,24,26-30,34H,6-7,10-11,16-20H2,1-2H3,(H,32,35);1-3,6-7,10-13,21,23-27,31-32H,4-5,8-9,14-18H2,(H,29,33);3H,1-2H3;;1H;;/t26-,27-,28+,29?,30+;23-,24-,25+,26?,27+;;;;;/m00...../s1/i;;;;1T;;. The minimum atomic E-state index is -4.20. The molecule has 22 nitrogen and oxygen atoms in total. The summed E-state index contributed by atoms with van der Waals surface area (Å²) in [7, 11) is -4.62. The van der Waals surface area contributed by atoms with Crippen molar-refractivity contribution in [2.24, 2.45) is 11.8 Å².